The zero-order valence-corrected chi connectivity index (χ0v) is 6.95. The maximum atomic E-state index is 11.1. The van der Waals surface area contributed by atoms with Crippen LogP contribution in [-0.2, 0) is 9.53 Å². The van der Waals surface area contributed by atoms with Gasteiger partial charge in [0, 0.05) is 18.9 Å². The van der Waals surface area contributed by atoms with Crippen molar-refractivity contribution >= 4 is 11.9 Å². The van der Waals surface area contributed by atoms with Crippen molar-refractivity contribution < 1.29 is 14.3 Å². The second-order valence-electron chi connectivity index (χ2n) is 3.43. The second kappa shape index (κ2) is 2.47. The molecule has 0 aliphatic carbocycles. The minimum Gasteiger partial charge on any atom is -0.447 e. The van der Waals surface area contributed by atoms with Gasteiger partial charge in [-0.3, -0.25) is 9.69 Å². The summed E-state index contributed by atoms with van der Waals surface area (Å²) in [4.78, 5) is 23.9. The third-order valence-electron chi connectivity index (χ3n) is 2.46. The van der Waals surface area contributed by atoms with Gasteiger partial charge in [-0.25, -0.2) is 4.79 Å². The summed E-state index contributed by atoms with van der Waals surface area (Å²) in [6.45, 7) is 2.27. The monoisotopic (exact) mass is 169 g/mol. The Hall–Kier alpha value is -1.06. The van der Waals surface area contributed by atoms with Gasteiger partial charge in [0.25, 0.3) is 0 Å². The highest BCUT2D eigenvalue weighted by atomic mass is 16.6. The number of fused-ring (bicyclic) bond motifs is 1. The zero-order chi connectivity index (χ0) is 8.72. The van der Waals surface area contributed by atoms with Crippen molar-refractivity contribution in [3.63, 3.8) is 0 Å². The lowest BCUT2D eigenvalue weighted by Gasteiger charge is -2.31. The van der Waals surface area contributed by atoms with Crippen LogP contribution in [0.4, 0.5) is 4.79 Å². The summed E-state index contributed by atoms with van der Waals surface area (Å²) in [5.74, 6) is 0.238. The van der Waals surface area contributed by atoms with Crippen molar-refractivity contribution in [2.24, 2.45) is 0 Å². The van der Waals surface area contributed by atoms with Crippen molar-refractivity contribution in [3.8, 4) is 0 Å². The van der Waals surface area contributed by atoms with Crippen LogP contribution < -0.4 is 0 Å². The smallest absolute Gasteiger partial charge is 0.410 e. The summed E-state index contributed by atoms with van der Waals surface area (Å²) in [7, 11) is 0. The molecule has 0 aromatic carbocycles. The summed E-state index contributed by atoms with van der Waals surface area (Å²) < 4.78 is 4.85. The molecular weight excluding hydrogens is 158 g/mol. The summed E-state index contributed by atoms with van der Waals surface area (Å²) in [6, 6.07) is 0.0278. The molecule has 2 saturated heterocycles. The lowest BCUT2D eigenvalue weighted by atomic mass is 9.97. The number of hydrogen-bond acceptors (Lipinski definition) is 3. The SMILES string of the molecule is CC1CC(=O)CC2COC(=O)N12. The average Bonchev–Trinajstić information content (AvgIpc) is 2.31. The molecule has 4 heteroatoms. The first-order valence-electron chi connectivity index (χ1n) is 4.15. The van der Waals surface area contributed by atoms with Gasteiger partial charge in [0.1, 0.15) is 12.4 Å². The highest BCUT2D eigenvalue weighted by Gasteiger charge is 2.41. The first kappa shape index (κ1) is 7.58. The van der Waals surface area contributed by atoms with Crippen LogP contribution in [0.15, 0.2) is 0 Å². The van der Waals surface area contributed by atoms with Crippen LogP contribution in [0.1, 0.15) is 19.8 Å². The van der Waals surface area contributed by atoms with Crippen molar-refractivity contribution in [2.45, 2.75) is 31.8 Å². The standard InChI is InChI=1S/C8H11NO3/c1-5-2-7(10)3-6-4-12-8(11)9(5)6/h5-6H,2-4H2,1H3. The van der Waals surface area contributed by atoms with Gasteiger partial charge in [-0.15, -0.1) is 0 Å². The fraction of sp³-hybridized carbons (Fsp3) is 0.750. The first-order chi connectivity index (χ1) is 5.68. The number of carbonyl (C=O) groups is 2. The molecule has 2 atom stereocenters. The number of hydrogen-bond donors (Lipinski definition) is 0. The molecule has 2 heterocycles. The Kier molecular flexibility index (Phi) is 1.56. The summed E-state index contributed by atoms with van der Waals surface area (Å²) in [6.07, 6.45) is 0.682. The Morgan fingerprint density at radius 3 is 2.92 bits per heavy atom. The van der Waals surface area contributed by atoms with Gasteiger partial charge in [-0.05, 0) is 6.92 Å². The number of amides is 1. The molecule has 1 amide bonds. The van der Waals surface area contributed by atoms with Crippen LogP contribution in [0.2, 0.25) is 0 Å². The number of ether oxygens (including phenoxy) is 1. The predicted molar refractivity (Wildman–Crippen MR) is 40.7 cm³/mol. The Morgan fingerprint density at radius 2 is 2.17 bits per heavy atom. The number of rotatable bonds is 0. The minimum atomic E-state index is -0.264. The summed E-state index contributed by atoms with van der Waals surface area (Å²) >= 11 is 0. The molecule has 0 radical (unpaired) electrons. The Labute approximate surface area is 70.5 Å². The van der Waals surface area contributed by atoms with E-state index in [9.17, 15) is 9.59 Å². The van der Waals surface area contributed by atoms with Gasteiger partial charge in [0.05, 0.1) is 6.04 Å². The van der Waals surface area contributed by atoms with Gasteiger partial charge in [-0.2, -0.15) is 0 Å². The Morgan fingerprint density at radius 1 is 1.42 bits per heavy atom. The van der Waals surface area contributed by atoms with Crippen LogP contribution in [0.5, 0.6) is 0 Å². The quantitative estimate of drug-likeness (QED) is 0.532. The number of carbonyl (C=O) groups excluding carboxylic acids is 2. The lowest BCUT2D eigenvalue weighted by molar-refractivity contribution is -0.123. The molecule has 2 unspecified atom stereocenters. The largest absolute Gasteiger partial charge is 0.447 e. The normalized spacial score (nSPS) is 34.9. The van der Waals surface area contributed by atoms with E-state index in [2.05, 4.69) is 0 Å². The second-order valence-corrected chi connectivity index (χ2v) is 3.43. The molecular formula is C8H11NO3. The van der Waals surface area contributed by atoms with E-state index < -0.39 is 0 Å². The number of Topliss-reactive ketones (excluding diaryl/α,β-unsaturated/α-hetero) is 1. The van der Waals surface area contributed by atoms with Crippen molar-refractivity contribution in [3.05, 3.63) is 0 Å². The van der Waals surface area contributed by atoms with E-state index in [0.29, 0.717) is 19.4 Å². The zero-order valence-electron chi connectivity index (χ0n) is 6.95. The highest BCUT2D eigenvalue weighted by molar-refractivity contribution is 5.83. The van der Waals surface area contributed by atoms with Gasteiger partial charge in [-0.1, -0.05) is 0 Å². The van der Waals surface area contributed by atoms with E-state index in [1.807, 2.05) is 6.92 Å². The van der Waals surface area contributed by atoms with E-state index in [1.54, 1.807) is 4.90 Å². The van der Waals surface area contributed by atoms with Crippen LogP contribution in [-0.4, -0.2) is 35.5 Å². The van der Waals surface area contributed by atoms with Crippen LogP contribution >= 0.6 is 0 Å². The summed E-state index contributed by atoms with van der Waals surface area (Å²) in [5.41, 5.74) is 0. The van der Waals surface area contributed by atoms with Crippen molar-refractivity contribution in [2.75, 3.05) is 6.61 Å². The van der Waals surface area contributed by atoms with Crippen LogP contribution in [0.3, 0.4) is 0 Å². The molecule has 4 nitrogen and oxygen atoms in total. The molecule has 2 aliphatic rings. The number of cyclic esters (lactones) is 1. The fourth-order valence-electron chi connectivity index (χ4n) is 1.94. The van der Waals surface area contributed by atoms with E-state index in [4.69, 9.17) is 4.74 Å². The van der Waals surface area contributed by atoms with E-state index in [0.717, 1.165) is 0 Å². The van der Waals surface area contributed by atoms with E-state index in [1.165, 1.54) is 0 Å². The molecule has 0 saturated carbocycles. The highest BCUT2D eigenvalue weighted by Crippen LogP contribution is 2.25. The number of ketones is 1. The molecule has 2 aliphatic heterocycles. The molecule has 0 spiro atoms. The lowest BCUT2D eigenvalue weighted by Crippen LogP contribution is -2.46. The molecule has 66 valence electrons. The van der Waals surface area contributed by atoms with Crippen LogP contribution in [0.25, 0.3) is 0 Å². The Bertz CT molecular complexity index is 238. The molecule has 0 aromatic rings. The van der Waals surface area contributed by atoms with Crippen molar-refractivity contribution in [1.29, 1.82) is 0 Å². The van der Waals surface area contributed by atoms with Gasteiger partial charge < -0.3 is 4.74 Å². The minimum absolute atomic E-state index is 0.00810. The molecule has 0 bridgehead atoms. The summed E-state index contributed by atoms with van der Waals surface area (Å²) in [5, 5.41) is 0. The molecule has 0 aromatic heterocycles. The predicted octanol–water partition coefficient (Wildman–Crippen LogP) is 0.559. The molecule has 12 heavy (non-hydrogen) atoms. The third-order valence-corrected chi connectivity index (χ3v) is 2.46. The van der Waals surface area contributed by atoms with Gasteiger partial charge in [0.2, 0.25) is 0 Å². The van der Waals surface area contributed by atoms with Crippen LogP contribution in [0, 0.1) is 0 Å². The molecule has 2 rings (SSSR count). The first-order valence-corrected chi connectivity index (χ1v) is 4.15. The van der Waals surface area contributed by atoms with E-state index >= 15 is 0 Å². The van der Waals surface area contributed by atoms with Gasteiger partial charge in [0.15, 0.2) is 0 Å². The third kappa shape index (κ3) is 0.983. The number of nitrogens with zero attached hydrogens (tertiary/aromatic N) is 1. The van der Waals surface area contributed by atoms with E-state index in [-0.39, 0.29) is 24.0 Å². The topological polar surface area (TPSA) is 46.6 Å². The maximum Gasteiger partial charge on any atom is 0.410 e. The molecule has 0 N–H and O–H groups in total. The van der Waals surface area contributed by atoms with Crippen molar-refractivity contribution in [1.82, 2.24) is 4.90 Å². The van der Waals surface area contributed by atoms with Gasteiger partial charge >= 0.3 is 6.09 Å². The fourth-order valence-corrected chi connectivity index (χ4v) is 1.94. The Balaban J connectivity index is 2.19. The number of piperidine rings is 1. The molecule has 2 fully saturated rings. The average molecular weight is 169 g/mol. The maximum absolute atomic E-state index is 11.1.